The van der Waals surface area contributed by atoms with Crippen molar-refractivity contribution in [2.75, 3.05) is 0 Å². The number of benzene rings is 1. The highest BCUT2D eigenvalue weighted by molar-refractivity contribution is 5.14. The molecule has 1 aromatic rings. The lowest BCUT2D eigenvalue weighted by molar-refractivity contribution is 0.237. The first-order valence-electron chi connectivity index (χ1n) is 12.9. The Labute approximate surface area is 192 Å². The Morgan fingerprint density at radius 2 is 1.47 bits per heavy atom. The van der Waals surface area contributed by atoms with Crippen molar-refractivity contribution in [3.8, 4) is 0 Å². The molecular formula is C30H56. The molecule has 0 heteroatoms. The third-order valence-electron chi connectivity index (χ3n) is 5.18. The van der Waals surface area contributed by atoms with Gasteiger partial charge in [0.25, 0.3) is 0 Å². The van der Waals surface area contributed by atoms with Gasteiger partial charge in [-0.05, 0) is 50.0 Å². The number of unbranched alkanes of at least 4 members (excludes halogenated alkanes) is 3. The maximum Gasteiger partial charge on any atom is -0.0279 e. The summed E-state index contributed by atoms with van der Waals surface area (Å²) in [4.78, 5) is 0. The van der Waals surface area contributed by atoms with Gasteiger partial charge < -0.3 is 0 Å². The summed E-state index contributed by atoms with van der Waals surface area (Å²) in [7, 11) is 0. The second-order valence-corrected chi connectivity index (χ2v) is 7.59. The molecule has 2 unspecified atom stereocenters. The molecule has 0 saturated heterocycles. The fraction of sp³-hybridized carbons (Fsp3) is 0.667. The topological polar surface area (TPSA) is 0 Å². The highest BCUT2D eigenvalue weighted by atomic mass is 14.3. The van der Waals surface area contributed by atoms with Crippen LogP contribution in [0.3, 0.4) is 0 Å². The molecule has 0 spiro atoms. The Balaban J connectivity index is -0.000000376. The van der Waals surface area contributed by atoms with Crippen LogP contribution in [0, 0.1) is 11.8 Å². The highest BCUT2D eigenvalue weighted by Crippen LogP contribution is 2.32. The predicted octanol–water partition coefficient (Wildman–Crippen LogP) is 10.8. The Morgan fingerprint density at radius 3 is 1.97 bits per heavy atom. The van der Waals surface area contributed by atoms with Crippen molar-refractivity contribution >= 4 is 0 Å². The van der Waals surface area contributed by atoms with Gasteiger partial charge in [0.2, 0.25) is 0 Å². The zero-order chi connectivity index (χ0) is 23.5. The van der Waals surface area contributed by atoms with Crippen molar-refractivity contribution in [2.45, 2.75) is 119 Å². The largest absolute Gasteiger partial charge is 0.103 e. The molecular weight excluding hydrogens is 360 g/mol. The fourth-order valence-electron chi connectivity index (χ4n) is 3.55. The minimum Gasteiger partial charge on any atom is -0.103 e. The summed E-state index contributed by atoms with van der Waals surface area (Å²) in [6, 6.07) is 10.6. The second-order valence-electron chi connectivity index (χ2n) is 7.59. The highest BCUT2D eigenvalue weighted by Gasteiger charge is 2.19. The summed E-state index contributed by atoms with van der Waals surface area (Å²) in [5.41, 5.74) is 1.45. The molecule has 0 bridgehead atoms. The molecule has 1 aliphatic carbocycles. The van der Waals surface area contributed by atoms with Crippen LogP contribution in [0.5, 0.6) is 0 Å². The molecule has 1 aliphatic rings. The van der Waals surface area contributed by atoms with Crippen molar-refractivity contribution in [3.05, 3.63) is 61.2 Å². The summed E-state index contributed by atoms with van der Waals surface area (Å²) in [5, 5.41) is 0. The smallest absolute Gasteiger partial charge is 0.0279 e. The van der Waals surface area contributed by atoms with E-state index in [1.807, 2.05) is 40.7 Å². The van der Waals surface area contributed by atoms with Crippen molar-refractivity contribution in [2.24, 2.45) is 11.8 Å². The van der Waals surface area contributed by atoms with Gasteiger partial charge in [-0.15, -0.1) is 13.2 Å². The molecule has 1 fully saturated rings. The molecule has 2 atom stereocenters. The lowest BCUT2D eigenvalue weighted by Gasteiger charge is -2.28. The molecule has 1 aromatic carbocycles. The molecule has 176 valence electrons. The number of hydrogen-bond acceptors (Lipinski definition) is 0. The number of hydrogen-bond donors (Lipinski definition) is 0. The number of rotatable bonds is 8. The van der Waals surface area contributed by atoms with Crippen molar-refractivity contribution in [3.63, 3.8) is 0 Å². The summed E-state index contributed by atoms with van der Waals surface area (Å²) in [6.45, 7) is 21.7. The van der Waals surface area contributed by atoms with E-state index in [9.17, 15) is 0 Å². The van der Waals surface area contributed by atoms with E-state index in [-0.39, 0.29) is 0 Å². The molecule has 0 amide bonds. The third kappa shape index (κ3) is 23.0. The van der Waals surface area contributed by atoms with E-state index in [0.717, 1.165) is 18.3 Å². The summed E-state index contributed by atoms with van der Waals surface area (Å²) in [5.74, 6) is 2.10. The zero-order valence-corrected chi connectivity index (χ0v) is 21.9. The van der Waals surface area contributed by atoms with Crippen LogP contribution in [-0.2, 0) is 6.42 Å². The molecule has 30 heavy (non-hydrogen) atoms. The Bertz CT molecular complexity index is 417. The van der Waals surface area contributed by atoms with Crippen molar-refractivity contribution < 1.29 is 0 Å². The van der Waals surface area contributed by atoms with Crippen LogP contribution in [0.25, 0.3) is 0 Å². The van der Waals surface area contributed by atoms with Crippen LogP contribution >= 0.6 is 0 Å². The van der Waals surface area contributed by atoms with Crippen LogP contribution in [-0.4, -0.2) is 0 Å². The molecule has 1 saturated carbocycles. The van der Waals surface area contributed by atoms with Crippen molar-refractivity contribution in [1.29, 1.82) is 0 Å². The lowest BCUT2D eigenvalue weighted by Crippen LogP contribution is -2.16. The Kier molecular flexibility index (Phi) is 33.2. The van der Waals surface area contributed by atoms with Gasteiger partial charge in [0.05, 0.1) is 0 Å². The first-order valence-corrected chi connectivity index (χ1v) is 12.9. The molecule has 0 radical (unpaired) electrons. The lowest BCUT2D eigenvalue weighted by atomic mass is 9.78. The Morgan fingerprint density at radius 1 is 0.900 bits per heavy atom. The van der Waals surface area contributed by atoms with Crippen LogP contribution in [0.2, 0.25) is 0 Å². The van der Waals surface area contributed by atoms with E-state index in [2.05, 4.69) is 57.3 Å². The molecule has 2 rings (SSSR count). The maximum absolute atomic E-state index is 3.71. The molecule has 0 aliphatic heterocycles. The zero-order valence-electron chi connectivity index (χ0n) is 21.9. The third-order valence-corrected chi connectivity index (χ3v) is 5.18. The first-order chi connectivity index (χ1) is 14.7. The van der Waals surface area contributed by atoms with E-state index in [1.54, 1.807) is 6.08 Å². The van der Waals surface area contributed by atoms with Gasteiger partial charge in [0.1, 0.15) is 0 Å². The predicted molar refractivity (Wildman–Crippen MR) is 143 cm³/mol. The van der Waals surface area contributed by atoms with Gasteiger partial charge in [0.15, 0.2) is 0 Å². The van der Waals surface area contributed by atoms with Gasteiger partial charge in [-0.25, -0.2) is 0 Å². The summed E-state index contributed by atoms with van der Waals surface area (Å²) < 4.78 is 0. The monoisotopic (exact) mass is 416 g/mol. The maximum atomic E-state index is 3.71. The standard InChI is InChI=1S/C12H16.C11H22.C3H6.2C2H6/c1-2-3-4-6-9-12-10-7-5-8-11-12;1-3-4-8-11-9-6-5-7-10(11)2;1-3-2;2*1-2/h2,5,7-8,10-11H,1,3-4,6,9H2;10-11H,3-9H2,1-2H3;3H,1H2,2H3;2*1-2H3. The van der Waals surface area contributed by atoms with Crippen LogP contribution in [0.1, 0.15) is 118 Å². The normalized spacial score (nSPS) is 16.5. The van der Waals surface area contributed by atoms with Crippen LogP contribution in [0.15, 0.2) is 55.6 Å². The number of aryl methyl sites for hydroxylation is 1. The SMILES string of the molecule is C=CC.C=CCCCCc1ccccc1.CC.CC.CCCCC1CCCCC1C. The van der Waals surface area contributed by atoms with E-state index >= 15 is 0 Å². The average Bonchev–Trinajstić information content (AvgIpc) is 2.81. The first kappa shape index (κ1) is 33.3. The Hall–Kier alpha value is -1.30. The second kappa shape index (κ2) is 29.9. The van der Waals surface area contributed by atoms with Crippen LogP contribution in [0.4, 0.5) is 0 Å². The summed E-state index contributed by atoms with van der Waals surface area (Å²) in [6.07, 6.45) is 19.0. The quantitative estimate of drug-likeness (QED) is 0.292. The van der Waals surface area contributed by atoms with E-state index in [4.69, 9.17) is 0 Å². The minimum absolute atomic E-state index is 1.02. The van der Waals surface area contributed by atoms with Gasteiger partial charge in [0, 0.05) is 0 Å². The number of allylic oxidation sites excluding steroid dienone is 2. The molecule has 0 aromatic heterocycles. The van der Waals surface area contributed by atoms with Gasteiger partial charge in [-0.3, -0.25) is 0 Å². The van der Waals surface area contributed by atoms with E-state index in [1.165, 1.54) is 69.8 Å². The van der Waals surface area contributed by atoms with E-state index < -0.39 is 0 Å². The molecule has 0 heterocycles. The fourth-order valence-corrected chi connectivity index (χ4v) is 3.55. The summed E-state index contributed by atoms with van der Waals surface area (Å²) >= 11 is 0. The minimum atomic E-state index is 1.02. The molecule has 0 nitrogen and oxygen atoms in total. The average molecular weight is 417 g/mol. The van der Waals surface area contributed by atoms with Crippen LogP contribution < -0.4 is 0 Å². The van der Waals surface area contributed by atoms with Gasteiger partial charge in [-0.2, -0.15) is 0 Å². The molecule has 0 N–H and O–H groups in total. The van der Waals surface area contributed by atoms with E-state index in [0.29, 0.717) is 0 Å². The van der Waals surface area contributed by atoms with Gasteiger partial charge >= 0.3 is 0 Å². The van der Waals surface area contributed by atoms with Crippen molar-refractivity contribution in [1.82, 2.24) is 0 Å². The van der Waals surface area contributed by atoms with Gasteiger partial charge in [-0.1, -0.05) is 129 Å².